The monoisotopic (exact) mass is 239 g/mol. The molecule has 2 rings (SSSR count). The highest BCUT2D eigenvalue weighted by molar-refractivity contribution is 5.54. The zero-order valence-electron chi connectivity index (χ0n) is 9.20. The molecule has 0 fully saturated rings. The third kappa shape index (κ3) is 2.47. The predicted molar refractivity (Wildman–Crippen MR) is 57.3 cm³/mol. The zero-order valence-corrected chi connectivity index (χ0v) is 9.20. The summed E-state index contributed by atoms with van der Waals surface area (Å²) in [5.74, 6) is -1.22. The first-order valence-corrected chi connectivity index (χ1v) is 5.13. The van der Waals surface area contributed by atoms with Crippen LogP contribution < -0.4 is 5.32 Å². The Bertz CT molecular complexity index is 493. The highest BCUT2D eigenvalue weighted by atomic mass is 19.1. The van der Waals surface area contributed by atoms with Crippen LogP contribution >= 0.6 is 0 Å². The van der Waals surface area contributed by atoms with Crippen molar-refractivity contribution in [2.75, 3.05) is 13.6 Å². The fourth-order valence-electron chi connectivity index (χ4n) is 1.39. The van der Waals surface area contributed by atoms with Crippen LogP contribution in [0.15, 0.2) is 22.6 Å². The minimum atomic E-state index is -0.714. The number of nitrogens with zero attached hydrogens (tertiary/aromatic N) is 2. The number of hydrogen-bond acceptors (Lipinski definition) is 4. The van der Waals surface area contributed by atoms with Gasteiger partial charge < -0.3 is 9.73 Å². The van der Waals surface area contributed by atoms with Gasteiger partial charge in [-0.25, -0.2) is 8.78 Å². The molecule has 0 aliphatic carbocycles. The molecule has 6 heteroatoms. The van der Waals surface area contributed by atoms with E-state index in [2.05, 4.69) is 15.5 Å². The lowest BCUT2D eigenvalue weighted by Crippen LogP contribution is -2.10. The quantitative estimate of drug-likeness (QED) is 0.883. The van der Waals surface area contributed by atoms with E-state index >= 15 is 0 Å². The van der Waals surface area contributed by atoms with Gasteiger partial charge in [0.15, 0.2) is 0 Å². The number of benzene rings is 1. The number of rotatable bonds is 4. The topological polar surface area (TPSA) is 51.0 Å². The summed E-state index contributed by atoms with van der Waals surface area (Å²) in [6, 6.07) is 3.58. The van der Waals surface area contributed by atoms with E-state index in [0.717, 1.165) is 12.1 Å². The lowest BCUT2D eigenvalue weighted by Gasteiger charge is -1.98. The fourth-order valence-corrected chi connectivity index (χ4v) is 1.39. The third-order valence-corrected chi connectivity index (χ3v) is 2.23. The maximum Gasteiger partial charge on any atom is 0.253 e. The number of likely N-dealkylation sites (N-methyl/N-ethyl adjacent to an activating group) is 1. The Morgan fingerprint density at radius 1 is 1.24 bits per heavy atom. The summed E-state index contributed by atoms with van der Waals surface area (Å²) in [4.78, 5) is 0. The van der Waals surface area contributed by atoms with Crippen LogP contribution in [0.3, 0.4) is 0 Å². The SMILES string of the molecule is CNCCc1nnc(-c2c(F)cccc2F)o1. The van der Waals surface area contributed by atoms with Crippen molar-refractivity contribution in [3.63, 3.8) is 0 Å². The number of aromatic nitrogens is 2. The van der Waals surface area contributed by atoms with Crippen molar-refractivity contribution in [1.82, 2.24) is 15.5 Å². The molecule has 0 aliphatic rings. The van der Waals surface area contributed by atoms with E-state index in [4.69, 9.17) is 4.42 Å². The Morgan fingerprint density at radius 3 is 2.59 bits per heavy atom. The second-order valence-electron chi connectivity index (χ2n) is 3.45. The molecule has 2 aromatic rings. The summed E-state index contributed by atoms with van der Waals surface area (Å²) < 4.78 is 32.0. The van der Waals surface area contributed by atoms with E-state index in [1.807, 2.05) is 0 Å². The van der Waals surface area contributed by atoms with Crippen LogP contribution in [0.25, 0.3) is 11.5 Å². The Morgan fingerprint density at radius 2 is 1.94 bits per heavy atom. The van der Waals surface area contributed by atoms with E-state index in [1.54, 1.807) is 7.05 Å². The van der Waals surface area contributed by atoms with Crippen molar-refractivity contribution in [2.24, 2.45) is 0 Å². The molecule has 4 nitrogen and oxygen atoms in total. The normalized spacial score (nSPS) is 10.8. The van der Waals surface area contributed by atoms with Gasteiger partial charge in [-0.2, -0.15) is 0 Å². The van der Waals surface area contributed by atoms with Crippen LogP contribution in [-0.2, 0) is 6.42 Å². The molecule has 90 valence electrons. The summed E-state index contributed by atoms with van der Waals surface area (Å²) in [6.45, 7) is 0.654. The van der Waals surface area contributed by atoms with Gasteiger partial charge >= 0.3 is 0 Å². The first-order chi connectivity index (χ1) is 8.22. The minimum absolute atomic E-state index is 0.133. The van der Waals surface area contributed by atoms with Crippen molar-refractivity contribution < 1.29 is 13.2 Å². The largest absolute Gasteiger partial charge is 0.420 e. The van der Waals surface area contributed by atoms with Crippen molar-refractivity contribution in [3.8, 4) is 11.5 Å². The molecular weight excluding hydrogens is 228 g/mol. The second kappa shape index (κ2) is 5.01. The molecule has 17 heavy (non-hydrogen) atoms. The fraction of sp³-hybridized carbons (Fsp3) is 0.273. The molecule has 0 amide bonds. The van der Waals surface area contributed by atoms with Gasteiger partial charge in [0.05, 0.1) is 0 Å². The van der Waals surface area contributed by atoms with Gasteiger partial charge in [0.2, 0.25) is 5.89 Å². The van der Waals surface area contributed by atoms with E-state index < -0.39 is 11.6 Å². The van der Waals surface area contributed by atoms with Gasteiger partial charge in [-0.05, 0) is 19.2 Å². The lowest BCUT2D eigenvalue weighted by molar-refractivity contribution is 0.490. The van der Waals surface area contributed by atoms with Crippen LogP contribution in [0.5, 0.6) is 0 Å². The van der Waals surface area contributed by atoms with Gasteiger partial charge in [0.25, 0.3) is 5.89 Å². The first-order valence-electron chi connectivity index (χ1n) is 5.13. The average Bonchev–Trinajstić information content (AvgIpc) is 2.75. The third-order valence-electron chi connectivity index (χ3n) is 2.23. The highest BCUT2D eigenvalue weighted by Gasteiger charge is 2.17. The molecule has 1 N–H and O–H groups in total. The summed E-state index contributed by atoms with van der Waals surface area (Å²) in [5, 5.41) is 10.3. The van der Waals surface area contributed by atoms with Gasteiger partial charge in [-0.3, -0.25) is 0 Å². The molecule has 1 aromatic carbocycles. The van der Waals surface area contributed by atoms with Crippen LogP contribution in [0.4, 0.5) is 8.78 Å². The van der Waals surface area contributed by atoms with Crippen molar-refractivity contribution >= 4 is 0 Å². The molecule has 0 spiro atoms. The van der Waals surface area contributed by atoms with Crippen LogP contribution in [0, 0.1) is 11.6 Å². The van der Waals surface area contributed by atoms with Gasteiger partial charge in [0.1, 0.15) is 17.2 Å². The van der Waals surface area contributed by atoms with Crippen LogP contribution in [0.1, 0.15) is 5.89 Å². The molecule has 1 heterocycles. The zero-order chi connectivity index (χ0) is 12.3. The predicted octanol–water partition coefficient (Wildman–Crippen LogP) is 1.78. The highest BCUT2D eigenvalue weighted by Crippen LogP contribution is 2.24. The molecule has 0 radical (unpaired) electrons. The maximum atomic E-state index is 13.4. The maximum absolute atomic E-state index is 13.4. The first kappa shape index (κ1) is 11.7. The Kier molecular flexibility index (Phi) is 3.43. The Hall–Kier alpha value is -1.82. The van der Waals surface area contributed by atoms with E-state index in [0.29, 0.717) is 18.9 Å². The molecule has 0 aliphatic heterocycles. The number of nitrogens with one attached hydrogen (secondary N) is 1. The minimum Gasteiger partial charge on any atom is -0.420 e. The molecule has 0 atom stereocenters. The molecule has 0 saturated carbocycles. The van der Waals surface area contributed by atoms with Crippen molar-refractivity contribution in [2.45, 2.75) is 6.42 Å². The smallest absolute Gasteiger partial charge is 0.253 e. The van der Waals surface area contributed by atoms with E-state index in [-0.39, 0.29) is 11.5 Å². The second-order valence-corrected chi connectivity index (χ2v) is 3.45. The van der Waals surface area contributed by atoms with Crippen molar-refractivity contribution in [3.05, 3.63) is 35.7 Å². The summed E-state index contributed by atoms with van der Waals surface area (Å²) >= 11 is 0. The molecule has 0 bridgehead atoms. The molecule has 1 aromatic heterocycles. The summed E-state index contributed by atoms with van der Waals surface area (Å²) in [5.41, 5.74) is -0.282. The van der Waals surface area contributed by atoms with Gasteiger partial charge in [-0.1, -0.05) is 6.07 Å². The van der Waals surface area contributed by atoms with Crippen LogP contribution in [-0.4, -0.2) is 23.8 Å². The Balaban J connectivity index is 2.30. The molecule has 0 saturated heterocycles. The Labute approximate surface area is 96.7 Å². The lowest BCUT2D eigenvalue weighted by atomic mass is 10.2. The van der Waals surface area contributed by atoms with E-state index in [1.165, 1.54) is 6.07 Å². The summed E-state index contributed by atoms with van der Waals surface area (Å²) in [7, 11) is 1.79. The molecule has 0 unspecified atom stereocenters. The average molecular weight is 239 g/mol. The van der Waals surface area contributed by atoms with Crippen molar-refractivity contribution in [1.29, 1.82) is 0 Å². The number of halogens is 2. The number of hydrogen-bond donors (Lipinski definition) is 1. The van der Waals surface area contributed by atoms with Gasteiger partial charge in [0, 0.05) is 13.0 Å². The molecular formula is C11H11F2N3O. The van der Waals surface area contributed by atoms with Gasteiger partial charge in [-0.15, -0.1) is 10.2 Å². The summed E-state index contributed by atoms with van der Waals surface area (Å²) in [6.07, 6.45) is 0.513. The van der Waals surface area contributed by atoms with E-state index in [9.17, 15) is 8.78 Å². The standard InChI is InChI=1S/C11H11F2N3O/c1-14-6-5-9-15-16-11(17-9)10-7(12)3-2-4-8(10)13/h2-4,14H,5-6H2,1H3. The van der Waals surface area contributed by atoms with Crippen LogP contribution in [0.2, 0.25) is 0 Å².